The van der Waals surface area contributed by atoms with E-state index in [1.807, 2.05) is 49.4 Å². The molecule has 0 radical (unpaired) electrons. The predicted molar refractivity (Wildman–Crippen MR) is 140 cm³/mol. The Morgan fingerprint density at radius 3 is 2.57 bits per heavy atom. The molecule has 0 unspecified atom stereocenters. The fraction of sp³-hybridized carbons (Fsp3) is 0.414. The van der Waals surface area contributed by atoms with Gasteiger partial charge in [0.15, 0.2) is 0 Å². The molecule has 6 nitrogen and oxygen atoms in total. The van der Waals surface area contributed by atoms with E-state index in [1.165, 1.54) is 30.9 Å². The maximum Gasteiger partial charge on any atom is 0.243 e. The highest BCUT2D eigenvalue weighted by Gasteiger charge is 2.26. The number of para-hydroxylation sites is 2. The molecule has 1 fully saturated rings. The molecule has 1 aliphatic carbocycles. The first-order chi connectivity index (χ1) is 17.2. The van der Waals surface area contributed by atoms with E-state index in [4.69, 9.17) is 4.98 Å². The number of nitrogens with zero attached hydrogens (tertiary/aromatic N) is 3. The molecule has 3 aromatic rings. The van der Waals surface area contributed by atoms with E-state index in [2.05, 4.69) is 26.9 Å². The van der Waals surface area contributed by atoms with Crippen molar-refractivity contribution in [3.05, 3.63) is 78.1 Å². The third kappa shape index (κ3) is 6.59. The molecular weight excluding hydrogens is 436 g/mol. The van der Waals surface area contributed by atoms with Crippen LogP contribution in [-0.4, -0.2) is 38.9 Å². The number of aromatic nitrogens is 2. The summed E-state index contributed by atoms with van der Waals surface area (Å²) in [4.78, 5) is 32.5. The Morgan fingerprint density at radius 1 is 1.06 bits per heavy atom. The molecule has 0 spiro atoms. The lowest BCUT2D eigenvalue weighted by Gasteiger charge is -2.35. The van der Waals surface area contributed by atoms with E-state index in [9.17, 15) is 9.59 Å². The van der Waals surface area contributed by atoms with Gasteiger partial charge in [-0.25, -0.2) is 4.98 Å². The van der Waals surface area contributed by atoms with Crippen molar-refractivity contribution in [3.63, 3.8) is 0 Å². The van der Waals surface area contributed by atoms with Crippen LogP contribution in [0.4, 0.5) is 0 Å². The molecule has 1 N–H and O–H groups in total. The largest absolute Gasteiger partial charge is 0.353 e. The summed E-state index contributed by atoms with van der Waals surface area (Å²) in [6.07, 6.45) is 10.5. The van der Waals surface area contributed by atoms with E-state index < -0.39 is 0 Å². The van der Waals surface area contributed by atoms with Crippen LogP contribution in [0.1, 0.15) is 56.8 Å². The first kappa shape index (κ1) is 24.7. The fourth-order valence-electron chi connectivity index (χ4n) is 4.98. The number of nitrogens with one attached hydrogen (secondary N) is 1. The lowest BCUT2D eigenvalue weighted by Crippen LogP contribution is -2.42. The molecule has 2 aromatic carbocycles. The second-order valence-electron chi connectivity index (χ2n) is 9.30. The van der Waals surface area contributed by atoms with Crippen LogP contribution in [0.5, 0.6) is 0 Å². The zero-order valence-corrected chi connectivity index (χ0v) is 20.7. The van der Waals surface area contributed by atoms with Crippen LogP contribution < -0.4 is 5.32 Å². The molecule has 1 saturated carbocycles. The first-order valence-electron chi connectivity index (χ1n) is 12.8. The standard InChI is InChI=1S/C29H36N4O2/c1-2-12-28(34)30-20-11-19-27-31-25-17-9-10-18-26(25)33(27)22-29(35)32(24-15-7-4-8-16-24)21-23-13-5-3-6-14-23/h2-3,5-6,9-10,12-14,17-18,24H,4,7-8,11,15-16,19-22H2,1H3,(H,30,34)/b12-2-. The molecule has 0 bridgehead atoms. The number of aryl methyl sites for hydroxylation is 1. The van der Waals surface area contributed by atoms with Gasteiger partial charge in [0.2, 0.25) is 11.8 Å². The van der Waals surface area contributed by atoms with Gasteiger partial charge in [-0.1, -0.05) is 67.8 Å². The topological polar surface area (TPSA) is 67.2 Å². The number of carbonyl (C=O) groups is 2. The minimum atomic E-state index is -0.0831. The number of fused-ring (bicyclic) bond motifs is 1. The first-order valence-corrected chi connectivity index (χ1v) is 12.8. The highest BCUT2D eigenvalue weighted by atomic mass is 16.2. The molecule has 4 rings (SSSR count). The number of carbonyl (C=O) groups excluding carboxylic acids is 2. The number of hydrogen-bond donors (Lipinski definition) is 1. The lowest BCUT2D eigenvalue weighted by molar-refractivity contribution is -0.135. The maximum atomic E-state index is 13.8. The Kier molecular flexibility index (Phi) is 8.71. The molecule has 35 heavy (non-hydrogen) atoms. The van der Waals surface area contributed by atoms with E-state index in [-0.39, 0.29) is 24.4 Å². The number of hydrogen-bond acceptors (Lipinski definition) is 3. The van der Waals surface area contributed by atoms with Crippen molar-refractivity contribution in [2.24, 2.45) is 0 Å². The van der Waals surface area contributed by atoms with Crippen molar-refractivity contribution >= 4 is 22.8 Å². The zero-order chi connectivity index (χ0) is 24.5. The number of rotatable bonds is 10. The van der Waals surface area contributed by atoms with Gasteiger partial charge in [-0.15, -0.1) is 0 Å². The van der Waals surface area contributed by atoms with E-state index in [0.717, 1.165) is 36.1 Å². The van der Waals surface area contributed by atoms with E-state index in [0.29, 0.717) is 19.5 Å². The zero-order valence-electron chi connectivity index (χ0n) is 20.7. The lowest BCUT2D eigenvalue weighted by atomic mass is 9.93. The molecule has 1 heterocycles. The average molecular weight is 473 g/mol. The summed E-state index contributed by atoms with van der Waals surface area (Å²) >= 11 is 0. The molecule has 2 amide bonds. The van der Waals surface area contributed by atoms with E-state index in [1.54, 1.807) is 6.08 Å². The van der Waals surface area contributed by atoms with Crippen molar-refractivity contribution in [1.82, 2.24) is 19.8 Å². The minimum absolute atomic E-state index is 0.0831. The highest BCUT2D eigenvalue weighted by molar-refractivity contribution is 5.87. The van der Waals surface area contributed by atoms with Crippen molar-refractivity contribution in [3.8, 4) is 0 Å². The molecule has 0 aliphatic heterocycles. The molecule has 1 aliphatic rings. The predicted octanol–water partition coefficient (Wildman–Crippen LogP) is 5.02. The van der Waals surface area contributed by atoms with Crippen LogP contribution in [0.25, 0.3) is 11.0 Å². The van der Waals surface area contributed by atoms with Crippen LogP contribution in [0.2, 0.25) is 0 Å². The summed E-state index contributed by atoms with van der Waals surface area (Å²) in [6.45, 7) is 3.32. The molecule has 1 aromatic heterocycles. The third-order valence-electron chi connectivity index (χ3n) is 6.75. The number of benzene rings is 2. The van der Waals surface area contributed by atoms with Crippen LogP contribution >= 0.6 is 0 Å². The monoisotopic (exact) mass is 472 g/mol. The average Bonchev–Trinajstić information content (AvgIpc) is 3.23. The SMILES string of the molecule is C/C=C\C(=O)NCCCc1nc2ccccc2n1CC(=O)N(Cc1ccccc1)C1CCCCC1. The summed E-state index contributed by atoms with van der Waals surface area (Å²) in [5.74, 6) is 0.954. The number of imidazole rings is 1. The van der Waals surface area contributed by atoms with Gasteiger partial charge in [0.25, 0.3) is 0 Å². The molecule has 6 heteroatoms. The quantitative estimate of drug-likeness (QED) is 0.333. The number of allylic oxidation sites excluding steroid dienone is 1. The second kappa shape index (κ2) is 12.3. The molecule has 0 atom stereocenters. The highest BCUT2D eigenvalue weighted by Crippen LogP contribution is 2.25. The minimum Gasteiger partial charge on any atom is -0.353 e. The summed E-state index contributed by atoms with van der Waals surface area (Å²) < 4.78 is 2.08. The van der Waals surface area contributed by atoms with Crippen LogP contribution in [0.15, 0.2) is 66.7 Å². The molecular formula is C29H36N4O2. The van der Waals surface area contributed by atoms with E-state index >= 15 is 0 Å². The maximum absolute atomic E-state index is 13.8. The van der Waals surface area contributed by atoms with Crippen molar-refractivity contribution < 1.29 is 9.59 Å². The van der Waals surface area contributed by atoms with Gasteiger partial charge < -0.3 is 14.8 Å². The normalized spacial score (nSPS) is 14.4. The Bertz CT molecular complexity index is 1150. The van der Waals surface area contributed by atoms with Gasteiger partial charge in [0.05, 0.1) is 11.0 Å². The van der Waals surface area contributed by atoms with Crippen LogP contribution in [0, 0.1) is 0 Å². The molecule has 0 saturated heterocycles. The summed E-state index contributed by atoms with van der Waals surface area (Å²) in [7, 11) is 0. The Balaban J connectivity index is 1.53. The van der Waals surface area contributed by atoms with Gasteiger partial charge >= 0.3 is 0 Å². The van der Waals surface area contributed by atoms with Gasteiger partial charge in [-0.05, 0) is 50.0 Å². The summed E-state index contributed by atoms with van der Waals surface area (Å²) in [6, 6.07) is 18.6. The van der Waals surface area contributed by atoms with Gasteiger partial charge in [0, 0.05) is 25.6 Å². The third-order valence-corrected chi connectivity index (χ3v) is 6.75. The van der Waals surface area contributed by atoms with Gasteiger partial charge in [0.1, 0.15) is 12.4 Å². The van der Waals surface area contributed by atoms with Crippen molar-refractivity contribution in [2.75, 3.05) is 6.54 Å². The van der Waals surface area contributed by atoms with Crippen molar-refractivity contribution in [1.29, 1.82) is 0 Å². The van der Waals surface area contributed by atoms with Gasteiger partial charge in [-0.2, -0.15) is 0 Å². The fourth-order valence-corrected chi connectivity index (χ4v) is 4.98. The van der Waals surface area contributed by atoms with Crippen molar-refractivity contribution in [2.45, 2.75) is 71.0 Å². The Morgan fingerprint density at radius 2 is 1.80 bits per heavy atom. The smallest absolute Gasteiger partial charge is 0.243 e. The van der Waals surface area contributed by atoms with Crippen LogP contribution in [0.3, 0.4) is 0 Å². The Hall–Kier alpha value is -3.41. The summed E-state index contributed by atoms with van der Waals surface area (Å²) in [5, 5.41) is 2.90. The summed E-state index contributed by atoms with van der Waals surface area (Å²) in [5.41, 5.74) is 3.05. The van der Waals surface area contributed by atoms with Gasteiger partial charge in [-0.3, -0.25) is 9.59 Å². The van der Waals surface area contributed by atoms with Crippen LogP contribution in [-0.2, 0) is 29.1 Å². The second-order valence-corrected chi connectivity index (χ2v) is 9.30. The number of amides is 2. The molecule has 184 valence electrons. The Labute approximate surface area is 208 Å².